The maximum absolute atomic E-state index is 12.5. The summed E-state index contributed by atoms with van der Waals surface area (Å²) in [7, 11) is 0. The van der Waals surface area contributed by atoms with Gasteiger partial charge in [0.25, 0.3) is 0 Å². The Morgan fingerprint density at radius 3 is 2.33 bits per heavy atom. The van der Waals surface area contributed by atoms with Crippen LogP contribution >= 0.6 is 0 Å². The van der Waals surface area contributed by atoms with E-state index in [0.717, 1.165) is 45.3 Å². The predicted molar refractivity (Wildman–Crippen MR) is 77.9 cm³/mol. The third-order valence-electron chi connectivity index (χ3n) is 4.65. The van der Waals surface area contributed by atoms with E-state index in [0.29, 0.717) is 24.8 Å². The third kappa shape index (κ3) is 4.59. The molecular weight excluding hydrogens is 272 g/mol. The Bertz CT molecular complexity index is 373. The van der Waals surface area contributed by atoms with Gasteiger partial charge in [0.15, 0.2) is 0 Å². The smallest absolute Gasteiger partial charge is 0.320 e. The van der Waals surface area contributed by atoms with Crippen LogP contribution in [0.4, 0.5) is 4.79 Å². The number of aliphatic hydroxyl groups excluding tert-OH is 1. The molecule has 0 spiro atoms. The number of nitrogens with zero attached hydrogens (tertiary/aromatic N) is 2. The first-order valence-electron chi connectivity index (χ1n) is 7.96. The zero-order valence-corrected chi connectivity index (χ0v) is 12.5. The van der Waals surface area contributed by atoms with Gasteiger partial charge in [-0.25, -0.2) is 4.79 Å². The number of carboxylic acid groups (broad SMARTS) is 1. The molecule has 6 nitrogen and oxygen atoms in total. The molecule has 2 rings (SSSR count). The molecule has 2 heterocycles. The molecule has 6 heteroatoms. The first-order valence-corrected chi connectivity index (χ1v) is 7.96. The fourth-order valence-electron chi connectivity index (χ4n) is 3.43. The highest BCUT2D eigenvalue weighted by atomic mass is 16.4. The van der Waals surface area contributed by atoms with Crippen molar-refractivity contribution in [1.82, 2.24) is 9.80 Å². The first-order chi connectivity index (χ1) is 10.1. The highest BCUT2D eigenvalue weighted by Gasteiger charge is 2.31. The van der Waals surface area contributed by atoms with E-state index in [-0.39, 0.29) is 19.1 Å². The van der Waals surface area contributed by atoms with Gasteiger partial charge >= 0.3 is 12.0 Å². The number of aliphatic hydroxyl groups is 1. The Hall–Kier alpha value is -1.30. The molecule has 2 aliphatic heterocycles. The van der Waals surface area contributed by atoms with Crippen molar-refractivity contribution in [3.63, 3.8) is 0 Å². The maximum atomic E-state index is 12.5. The van der Waals surface area contributed by atoms with Crippen molar-refractivity contribution in [2.45, 2.75) is 38.5 Å². The van der Waals surface area contributed by atoms with Crippen LogP contribution in [-0.2, 0) is 4.79 Å². The van der Waals surface area contributed by atoms with E-state index >= 15 is 0 Å². The summed E-state index contributed by atoms with van der Waals surface area (Å²) < 4.78 is 0. The molecule has 0 aliphatic carbocycles. The van der Waals surface area contributed by atoms with Gasteiger partial charge in [-0.05, 0) is 43.9 Å². The van der Waals surface area contributed by atoms with Crippen LogP contribution in [0.5, 0.6) is 0 Å². The van der Waals surface area contributed by atoms with E-state index in [2.05, 4.69) is 0 Å². The molecule has 0 aromatic heterocycles. The fourth-order valence-corrected chi connectivity index (χ4v) is 3.43. The predicted octanol–water partition coefficient (Wildman–Crippen LogP) is 1.39. The van der Waals surface area contributed by atoms with Crippen molar-refractivity contribution < 1.29 is 19.8 Å². The summed E-state index contributed by atoms with van der Waals surface area (Å²) in [6, 6.07) is 0.0930. The first kappa shape index (κ1) is 16.1. The number of urea groups is 1. The second-order valence-corrected chi connectivity index (χ2v) is 6.28. The molecule has 0 saturated carbocycles. The number of likely N-dealkylation sites (tertiary alicyclic amines) is 2. The lowest BCUT2D eigenvalue weighted by molar-refractivity contribution is -0.137. The van der Waals surface area contributed by atoms with E-state index in [1.54, 1.807) is 0 Å². The zero-order valence-electron chi connectivity index (χ0n) is 12.5. The molecule has 0 bridgehead atoms. The van der Waals surface area contributed by atoms with E-state index in [9.17, 15) is 9.59 Å². The molecule has 120 valence electrons. The number of hydrogen-bond donors (Lipinski definition) is 2. The topological polar surface area (TPSA) is 81.1 Å². The van der Waals surface area contributed by atoms with Gasteiger partial charge in [0.05, 0.1) is 0 Å². The molecule has 2 saturated heterocycles. The fraction of sp³-hybridized carbons (Fsp3) is 0.867. The van der Waals surface area contributed by atoms with Gasteiger partial charge < -0.3 is 20.0 Å². The van der Waals surface area contributed by atoms with Gasteiger partial charge in [0.1, 0.15) is 0 Å². The summed E-state index contributed by atoms with van der Waals surface area (Å²) in [6.07, 6.45) is 4.62. The van der Waals surface area contributed by atoms with E-state index in [1.807, 2.05) is 9.80 Å². The van der Waals surface area contributed by atoms with Gasteiger partial charge in [-0.1, -0.05) is 0 Å². The molecule has 0 aromatic carbocycles. The van der Waals surface area contributed by atoms with Crippen LogP contribution in [0, 0.1) is 11.8 Å². The molecule has 2 fully saturated rings. The number of hydrogen-bond acceptors (Lipinski definition) is 3. The number of amides is 2. The average Bonchev–Trinajstić information content (AvgIpc) is 2.94. The molecule has 21 heavy (non-hydrogen) atoms. The van der Waals surface area contributed by atoms with Crippen molar-refractivity contribution in [3.8, 4) is 0 Å². The number of carbonyl (C=O) groups excluding carboxylic acids is 1. The van der Waals surface area contributed by atoms with Crippen molar-refractivity contribution in [3.05, 3.63) is 0 Å². The number of piperidine rings is 1. The van der Waals surface area contributed by atoms with Crippen LogP contribution in [0.2, 0.25) is 0 Å². The molecular formula is C15H26N2O4. The lowest BCUT2D eigenvalue weighted by Crippen LogP contribution is -2.47. The van der Waals surface area contributed by atoms with E-state index in [1.165, 1.54) is 0 Å². The number of rotatable bonds is 5. The highest BCUT2D eigenvalue weighted by molar-refractivity contribution is 5.75. The lowest BCUT2D eigenvalue weighted by Gasteiger charge is -2.35. The lowest BCUT2D eigenvalue weighted by atomic mass is 9.95. The van der Waals surface area contributed by atoms with Gasteiger partial charge in [-0.3, -0.25) is 4.79 Å². The second-order valence-electron chi connectivity index (χ2n) is 6.28. The van der Waals surface area contributed by atoms with Crippen LogP contribution in [-0.4, -0.2) is 64.8 Å². The Morgan fingerprint density at radius 2 is 1.67 bits per heavy atom. The summed E-state index contributed by atoms with van der Waals surface area (Å²) in [5.74, 6) is -0.0242. The number of carbonyl (C=O) groups is 2. The molecule has 2 amide bonds. The minimum absolute atomic E-state index is 0.0930. The summed E-state index contributed by atoms with van der Waals surface area (Å²) in [5.41, 5.74) is 0. The highest BCUT2D eigenvalue weighted by Crippen LogP contribution is 2.25. The summed E-state index contributed by atoms with van der Waals surface area (Å²) >= 11 is 0. The van der Waals surface area contributed by atoms with Crippen molar-refractivity contribution >= 4 is 12.0 Å². The minimum Gasteiger partial charge on any atom is -0.481 e. The van der Waals surface area contributed by atoms with Gasteiger partial charge in [-0.15, -0.1) is 0 Å². The third-order valence-corrected chi connectivity index (χ3v) is 4.65. The second kappa shape index (κ2) is 7.64. The number of carboxylic acids is 1. The quantitative estimate of drug-likeness (QED) is 0.803. The van der Waals surface area contributed by atoms with E-state index < -0.39 is 5.97 Å². The van der Waals surface area contributed by atoms with Gasteiger partial charge in [0, 0.05) is 39.2 Å². The van der Waals surface area contributed by atoms with Gasteiger partial charge in [0.2, 0.25) is 0 Å². The van der Waals surface area contributed by atoms with Crippen LogP contribution in [0.25, 0.3) is 0 Å². The minimum atomic E-state index is -0.761. The Morgan fingerprint density at radius 1 is 1.00 bits per heavy atom. The molecule has 2 aliphatic rings. The van der Waals surface area contributed by atoms with Crippen molar-refractivity contribution in [2.24, 2.45) is 11.8 Å². The largest absolute Gasteiger partial charge is 0.481 e. The average molecular weight is 298 g/mol. The van der Waals surface area contributed by atoms with Crippen LogP contribution < -0.4 is 0 Å². The van der Waals surface area contributed by atoms with Crippen molar-refractivity contribution in [2.75, 3.05) is 32.8 Å². The zero-order chi connectivity index (χ0) is 15.2. The molecule has 0 radical (unpaired) electrons. The monoisotopic (exact) mass is 298 g/mol. The number of aliphatic carboxylic acids is 1. The molecule has 0 aromatic rings. The van der Waals surface area contributed by atoms with Gasteiger partial charge in [-0.2, -0.15) is 0 Å². The summed E-state index contributed by atoms with van der Waals surface area (Å²) in [5, 5.41) is 17.8. The molecule has 2 N–H and O–H groups in total. The molecule has 2 atom stereocenters. The van der Waals surface area contributed by atoms with E-state index in [4.69, 9.17) is 10.2 Å². The van der Waals surface area contributed by atoms with Crippen molar-refractivity contribution in [1.29, 1.82) is 0 Å². The Labute approximate surface area is 125 Å². The Balaban J connectivity index is 1.79. The SMILES string of the molecule is O=C(O)CCC1CCN(C(=O)N2CCCC(CCO)C2)C1. The van der Waals surface area contributed by atoms with Crippen LogP contribution in [0.1, 0.15) is 38.5 Å². The maximum Gasteiger partial charge on any atom is 0.320 e. The Kier molecular flexibility index (Phi) is 5.85. The summed E-state index contributed by atoms with van der Waals surface area (Å²) in [6.45, 7) is 3.16. The summed E-state index contributed by atoms with van der Waals surface area (Å²) in [4.78, 5) is 26.9. The standard InChI is InChI=1S/C15H26N2O4/c18-9-6-12-2-1-7-16(10-12)15(21)17-8-5-13(11-17)3-4-14(19)20/h12-13,18H,1-11H2,(H,19,20). The van der Waals surface area contributed by atoms with Crippen LogP contribution in [0.15, 0.2) is 0 Å². The van der Waals surface area contributed by atoms with Crippen LogP contribution in [0.3, 0.4) is 0 Å². The normalized spacial score (nSPS) is 26.1. The molecule has 2 unspecified atom stereocenters.